The van der Waals surface area contributed by atoms with Crippen LogP contribution in [0.2, 0.25) is 0 Å². The number of hydrogen-bond acceptors (Lipinski definition) is 4. The molecule has 2 heterocycles. The van der Waals surface area contributed by atoms with Crippen molar-refractivity contribution in [2.75, 3.05) is 33.7 Å². The molecule has 18 heavy (non-hydrogen) atoms. The molecule has 1 aliphatic heterocycles. The number of aromatic nitrogens is 2. The molecule has 0 spiro atoms. The smallest absolute Gasteiger partial charge is 0.244 e. The Morgan fingerprint density at radius 1 is 1.56 bits per heavy atom. The summed E-state index contributed by atoms with van der Waals surface area (Å²) in [6, 6.07) is 1.79. The predicted molar refractivity (Wildman–Crippen MR) is 66.9 cm³/mol. The first-order valence-electron chi connectivity index (χ1n) is 6.11. The maximum absolute atomic E-state index is 12.0. The highest BCUT2D eigenvalue weighted by atomic mass is 16.3. The van der Waals surface area contributed by atoms with Crippen LogP contribution in [0.15, 0.2) is 18.5 Å². The second-order valence-electron chi connectivity index (χ2n) is 5.23. The molecule has 1 atom stereocenters. The number of nitrogens with zero attached hydrogens (tertiary/aromatic N) is 4. The first kappa shape index (κ1) is 13.0. The Hall–Kier alpha value is -1.40. The Bertz CT molecular complexity index is 404. The second-order valence-corrected chi connectivity index (χ2v) is 5.23. The molecule has 1 saturated heterocycles. The minimum absolute atomic E-state index is 0.00776. The number of rotatable bonds is 4. The van der Waals surface area contributed by atoms with Gasteiger partial charge in [0.1, 0.15) is 6.54 Å². The highest BCUT2D eigenvalue weighted by Crippen LogP contribution is 2.22. The number of carbonyl (C=O) groups excluding carboxylic acids is 1. The van der Waals surface area contributed by atoms with Gasteiger partial charge in [0.05, 0.1) is 12.1 Å². The van der Waals surface area contributed by atoms with Gasteiger partial charge in [-0.2, -0.15) is 5.10 Å². The number of hydrogen-bond donors (Lipinski definition) is 1. The van der Waals surface area contributed by atoms with Gasteiger partial charge in [0.25, 0.3) is 0 Å². The molecule has 1 aromatic heterocycles. The fraction of sp³-hybridized carbons (Fsp3) is 0.667. The van der Waals surface area contributed by atoms with E-state index in [-0.39, 0.29) is 12.5 Å². The lowest BCUT2D eigenvalue weighted by Gasteiger charge is -2.26. The van der Waals surface area contributed by atoms with Gasteiger partial charge < -0.3 is 14.9 Å². The van der Waals surface area contributed by atoms with E-state index in [4.69, 9.17) is 0 Å². The van der Waals surface area contributed by atoms with Crippen LogP contribution in [0, 0.1) is 0 Å². The lowest BCUT2D eigenvalue weighted by Crippen LogP contribution is -2.44. The lowest BCUT2D eigenvalue weighted by molar-refractivity contribution is -0.132. The van der Waals surface area contributed by atoms with E-state index in [1.165, 1.54) is 0 Å². The molecule has 1 aliphatic rings. The van der Waals surface area contributed by atoms with E-state index in [1.807, 2.05) is 19.0 Å². The van der Waals surface area contributed by atoms with Crippen molar-refractivity contribution in [2.45, 2.75) is 18.6 Å². The quantitative estimate of drug-likeness (QED) is 0.778. The van der Waals surface area contributed by atoms with E-state index in [1.54, 1.807) is 28.0 Å². The summed E-state index contributed by atoms with van der Waals surface area (Å²) in [5.74, 6) is 0.00776. The molecule has 2 rings (SSSR count). The SMILES string of the molecule is CN(C)C[C@@]1(O)CCN(C(=O)Cn2cccn2)C1. The summed E-state index contributed by atoms with van der Waals surface area (Å²) in [6.45, 7) is 1.85. The number of carbonyl (C=O) groups is 1. The summed E-state index contributed by atoms with van der Waals surface area (Å²) in [5.41, 5.74) is -0.775. The van der Waals surface area contributed by atoms with Crippen molar-refractivity contribution in [3.63, 3.8) is 0 Å². The monoisotopic (exact) mass is 252 g/mol. The van der Waals surface area contributed by atoms with Crippen LogP contribution in [-0.2, 0) is 11.3 Å². The molecule has 1 amide bonds. The Kier molecular flexibility index (Phi) is 3.68. The van der Waals surface area contributed by atoms with E-state index in [0.29, 0.717) is 26.1 Å². The van der Waals surface area contributed by atoms with Gasteiger partial charge in [-0.05, 0) is 26.6 Å². The first-order chi connectivity index (χ1) is 8.48. The zero-order valence-electron chi connectivity index (χ0n) is 10.9. The molecule has 0 aromatic carbocycles. The Balaban J connectivity index is 1.90. The number of β-amino-alcohol motifs (C(OH)–C–C–N with tert-alkyl or cyclic N) is 1. The molecule has 1 fully saturated rings. The fourth-order valence-electron chi connectivity index (χ4n) is 2.42. The van der Waals surface area contributed by atoms with Gasteiger partial charge in [-0.3, -0.25) is 9.48 Å². The highest BCUT2D eigenvalue weighted by molar-refractivity contribution is 5.76. The van der Waals surface area contributed by atoms with Crippen molar-refractivity contribution in [3.05, 3.63) is 18.5 Å². The molecule has 100 valence electrons. The van der Waals surface area contributed by atoms with Crippen molar-refractivity contribution < 1.29 is 9.90 Å². The standard InChI is InChI=1S/C12H20N4O2/c1-14(2)9-12(18)4-7-15(10-12)11(17)8-16-6-3-5-13-16/h3,5-6,18H,4,7-10H2,1-2H3/t12-/m0/s1. The van der Waals surface area contributed by atoms with E-state index in [2.05, 4.69) is 5.10 Å². The van der Waals surface area contributed by atoms with Crippen LogP contribution in [-0.4, -0.2) is 69.9 Å². The second kappa shape index (κ2) is 5.07. The Morgan fingerprint density at radius 2 is 2.33 bits per heavy atom. The molecule has 0 unspecified atom stereocenters. The Labute approximate surface area is 107 Å². The van der Waals surface area contributed by atoms with Crippen molar-refractivity contribution in [2.24, 2.45) is 0 Å². The summed E-state index contributed by atoms with van der Waals surface area (Å²) in [7, 11) is 3.85. The maximum Gasteiger partial charge on any atom is 0.244 e. The van der Waals surface area contributed by atoms with Gasteiger partial charge in [-0.15, -0.1) is 0 Å². The predicted octanol–water partition coefficient (Wildman–Crippen LogP) is -0.592. The number of likely N-dealkylation sites (N-methyl/N-ethyl adjacent to an activating group) is 1. The molecule has 0 aliphatic carbocycles. The van der Waals surface area contributed by atoms with Crippen LogP contribution in [0.3, 0.4) is 0 Å². The summed E-state index contributed by atoms with van der Waals surface area (Å²) < 4.78 is 1.60. The van der Waals surface area contributed by atoms with Crippen LogP contribution >= 0.6 is 0 Å². The third kappa shape index (κ3) is 3.08. The van der Waals surface area contributed by atoms with E-state index in [9.17, 15) is 9.90 Å². The molecule has 0 radical (unpaired) electrons. The van der Waals surface area contributed by atoms with Gasteiger partial charge in [-0.1, -0.05) is 0 Å². The highest BCUT2D eigenvalue weighted by Gasteiger charge is 2.38. The minimum Gasteiger partial charge on any atom is -0.387 e. The molecule has 0 bridgehead atoms. The molecule has 6 nitrogen and oxygen atoms in total. The molecule has 6 heteroatoms. The van der Waals surface area contributed by atoms with Crippen molar-refractivity contribution in [1.29, 1.82) is 0 Å². The normalized spacial score (nSPS) is 23.9. The third-order valence-corrected chi connectivity index (χ3v) is 3.15. The fourth-order valence-corrected chi connectivity index (χ4v) is 2.42. The average Bonchev–Trinajstić information content (AvgIpc) is 2.87. The Morgan fingerprint density at radius 3 is 2.94 bits per heavy atom. The third-order valence-electron chi connectivity index (χ3n) is 3.15. The van der Waals surface area contributed by atoms with Crippen molar-refractivity contribution in [1.82, 2.24) is 19.6 Å². The van der Waals surface area contributed by atoms with E-state index >= 15 is 0 Å². The van der Waals surface area contributed by atoms with E-state index < -0.39 is 5.60 Å². The molecular weight excluding hydrogens is 232 g/mol. The lowest BCUT2D eigenvalue weighted by atomic mass is 10.0. The largest absolute Gasteiger partial charge is 0.387 e. The van der Waals surface area contributed by atoms with Gasteiger partial charge in [0.2, 0.25) is 5.91 Å². The molecule has 0 saturated carbocycles. The number of likely N-dealkylation sites (tertiary alicyclic amines) is 1. The van der Waals surface area contributed by atoms with Gasteiger partial charge in [0.15, 0.2) is 0 Å². The summed E-state index contributed by atoms with van der Waals surface area (Å²) in [4.78, 5) is 15.7. The summed E-state index contributed by atoms with van der Waals surface area (Å²) in [5, 5.41) is 14.4. The van der Waals surface area contributed by atoms with E-state index in [0.717, 1.165) is 0 Å². The van der Waals surface area contributed by atoms with Crippen molar-refractivity contribution >= 4 is 5.91 Å². The van der Waals surface area contributed by atoms with Gasteiger partial charge in [-0.25, -0.2) is 0 Å². The van der Waals surface area contributed by atoms with Crippen LogP contribution in [0.1, 0.15) is 6.42 Å². The summed E-state index contributed by atoms with van der Waals surface area (Å²) in [6.07, 6.45) is 4.05. The zero-order valence-corrected chi connectivity index (χ0v) is 10.9. The topological polar surface area (TPSA) is 61.6 Å². The number of amides is 1. The van der Waals surface area contributed by atoms with Crippen LogP contribution < -0.4 is 0 Å². The van der Waals surface area contributed by atoms with Crippen LogP contribution in [0.5, 0.6) is 0 Å². The molecular formula is C12H20N4O2. The molecule has 1 N–H and O–H groups in total. The number of aliphatic hydroxyl groups is 1. The minimum atomic E-state index is -0.775. The van der Waals surface area contributed by atoms with Gasteiger partial charge >= 0.3 is 0 Å². The van der Waals surface area contributed by atoms with Crippen LogP contribution in [0.4, 0.5) is 0 Å². The van der Waals surface area contributed by atoms with Gasteiger partial charge in [0, 0.05) is 25.5 Å². The van der Waals surface area contributed by atoms with Crippen LogP contribution in [0.25, 0.3) is 0 Å². The van der Waals surface area contributed by atoms with Crippen molar-refractivity contribution in [3.8, 4) is 0 Å². The average molecular weight is 252 g/mol. The first-order valence-corrected chi connectivity index (χ1v) is 6.11. The summed E-state index contributed by atoms with van der Waals surface area (Å²) >= 11 is 0. The zero-order chi connectivity index (χ0) is 13.2. The molecule has 1 aromatic rings. The maximum atomic E-state index is 12.0.